The second-order valence-electron chi connectivity index (χ2n) is 11.0. The van der Waals surface area contributed by atoms with E-state index in [9.17, 15) is 0 Å². The van der Waals surface area contributed by atoms with Crippen molar-refractivity contribution in [2.24, 2.45) is 0 Å². The molecule has 1 aliphatic rings. The Hall–Kier alpha value is -2.89. The van der Waals surface area contributed by atoms with Crippen molar-refractivity contribution in [2.75, 3.05) is 32.8 Å². The van der Waals surface area contributed by atoms with Crippen LogP contribution in [0.5, 0.6) is 11.5 Å². The summed E-state index contributed by atoms with van der Waals surface area (Å²) in [4.78, 5) is 7.56. The number of pyridine rings is 1. The summed E-state index contributed by atoms with van der Waals surface area (Å²) in [7, 11) is 0. The van der Waals surface area contributed by atoms with Gasteiger partial charge in [-0.2, -0.15) is 0 Å². The molecule has 1 aliphatic heterocycles. The molecular formula is C34H46N2O3. The predicted octanol–water partition coefficient (Wildman–Crippen LogP) is 7.29. The molecule has 2 heterocycles. The van der Waals surface area contributed by atoms with Gasteiger partial charge in [-0.1, -0.05) is 58.0 Å². The number of benzene rings is 2. The van der Waals surface area contributed by atoms with Gasteiger partial charge < -0.3 is 14.2 Å². The van der Waals surface area contributed by atoms with Crippen molar-refractivity contribution in [3.63, 3.8) is 0 Å². The van der Waals surface area contributed by atoms with Gasteiger partial charge in [0, 0.05) is 37.0 Å². The molecule has 1 saturated heterocycles. The van der Waals surface area contributed by atoms with Crippen LogP contribution in [0.15, 0.2) is 42.5 Å². The summed E-state index contributed by atoms with van der Waals surface area (Å²) in [6.45, 7) is 19.9. The maximum atomic E-state index is 6.72. The molecule has 5 nitrogen and oxygen atoms in total. The Morgan fingerprint density at radius 3 is 2.26 bits per heavy atom. The molecule has 5 heteroatoms. The molecule has 210 valence electrons. The molecule has 0 amide bonds. The van der Waals surface area contributed by atoms with Crippen molar-refractivity contribution in [1.29, 1.82) is 0 Å². The van der Waals surface area contributed by atoms with Crippen LogP contribution in [0.2, 0.25) is 0 Å². The molecule has 39 heavy (non-hydrogen) atoms. The van der Waals surface area contributed by atoms with E-state index in [1.807, 2.05) is 0 Å². The second kappa shape index (κ2) is 13.5. The maximum absolute atomic E-state index is 6.72. The van der Waals surface area contributed by atoms with Crippen LogP contribution in [0.4, 0.5) is 0 Å². The number of nitrogens with zero attached hydrogens (tertiary/aromatic N) is 2. The molecule has 1 fully saturated rings. The molecule has 0 radical (unpaired) electrons. The van der Waals surface area contributed by atoms with Gasteiger partial charge in [-0.25, -0.2) is 0 Å². The highest BCUT2D eigenvalue weighted by Gasteiger charge is 2.21. The van der Waals surface area contributed by atoms with Crippen LogP contribution in [0.3, 0.4) is 0 Å². The molecule has 1 atom stereocenters. The molecular weight excluding hydrogens is 484 g/mol. The summed E-state index contributed by atoms with van der Waals surface area (Å²) in [6, 6.07) is 15.2. The number of hydrogen-bond donors (Lipinski definition) is 0. The van der Waals surface area contributed by atoms with Crippen LogP contribution in [0.25, 0.3) is 11.3 Å². The van der Waals surface area contributed by atoms with Crippen molar-refractivity contribution in [3.05, 3.63) is 76.0 Å². The smallest absolute Gasteiger partial charge is 0.130 e. The number of ether oxygens (including phenoxy) is 3. The van der Waals surface area contributed by atoms with Gasteiger partial charge in [-0.05, 0) is 67.9 Å². The van der Waals surface area contributed by atoms with Crippen LogP contribution in [0.1, 0.15) is 74.0 Å². The second-order valence-corrected chi connectivity index (χ2v) is 11.0. The van der Waals surface area contributed by atoms with E-state index in [1.54, 1.807) is 0 Å². The summed E-state index contributed by atoms with van der Waals surface area (Å²) in [5.74, 6) is 2.23. The lowest BCUT2D eigenvalue weighted by Crippen LogP contribution is -2.41. The Bertz CT molecular complexity index is 1230. The highest BCUT2D eigenvalue weighted by atomic mass is 16.5. The number of hydrogen-bond acceptors (Lipinski definition) is 5. The van der Waals surface area contributed by atoms with Gasteiger partial charge in [0.2, 0.25) is 0 Å². The van der Waals surface area contributed by atoms with Gasteiger partial charge in [-0.15, -0.1) is 0 Å². The standard InChI is InChI=1S/C34H46N2O3/c1-8-27-11-10-12-28(9-2)34(27)31-20-33(39-25(6)21-36-15-17-37-18-16-36)30(26(7)35-31)22-38-32-19-29(23(3)4)14-13-24(32)5/h10-14,19-20,23,25H,8-9,15-18,21-22H2,1-7H3. The molecule has 1 unspecified atom stereocenters. The number of morpholine rings is 1. The minimum Gasteiger partial charge on any atom is -0.489 e. The molecule has 0 saturated carbocycles. The lowest BCUT2D eigenvalue weighted by atomic mass is 9.94. The molecule has 4 rings (SSSR count). The fourth-order valence-corrected chi connectivity index (χ4v) is 5.33. The average molecular weight is 531 g/mol. The van der Waals surface area contributed by atoms with Gasteiger partial charge in [0.25, 0.3) is 0 Å². The minimum atomic E-state index is 0.0227. The van der Waals surface area contributed by atoms with Gasteiger partial charge in [0.05, 0.1) is 24.5 Å². The summed E-state index contributed by atoms with van der Waals surface area (Å²) in [5.41, 5.74) is 9.23. The molecule has 0 spiro atoms. The van der Waals surface area contributed by atoms with Gasteiger partial charge in [-0.3, -0.25) is 9.88 Å². The highest BCUT2D eigenvalue weighted by molar-refractivity contribution is 5.70. The first-order valence-electron chi connectivity index (χ1n) is 14.6. The fraction of sp³-hybridized carbons (Fsp3) is 0.500. The first-order chi connectivity index (χ1) is 18.8. The zero-order valence-electron chi connectivity index (χ0n) is 25.0. The fourth-order valence-electron chi connectivity index (χ4n) is 5.33. The van der Waals surface area contributed by atoms with Gasteiger partial charge in [0.1, 0.15) is 24.2 Å². The maximum Gasteiger partial charge on any atom is 0.130 e. The molecule has 0 N–H and O–H groups in total. The minimum absolute atomic E-state index is 0.0227. The number of rotatable bonds is 11. The van der Waals surface area contributed by atoms with Crippen molar-refractivity contribution >= 4 is 0 Å². The van der Waals surface area contributed by atoms with Crippen LogP contribution in [-0.4, -0.2) is 48.8 Å². The first kappa shape index (κ1) is 29.1. The van der Waals surface area contributed by atoms with Crippen molar-refractivity contribution < 1.29 is 14.2 Å². The van der Waals surface area contributed by atoms with Gasteiger partial charge in [0.15, 0.2) is 0 Å². The van der Waals surface area contributed by atoms with E-state index >= 15 is 0 Å². The summed E-state index contributed by atoms with van der Waals surface area (Å²) in [6.07, 6.45) is 1.95. The Balaban J connectivity index is 1.70. The van der Waals surface area contributed by atoms with E-state index in [0.29, 0.717) is 12.5 Å². The topological polar surface area (TPSA) is 43.8 Å². The Kier molecular flexibility index (Phi) is 10.0. The molecule has 1 aromatic heterocycles. The third-order valence-corrected chi connectivity index (χ3v) is 7.74. The zero-order chi connectivity index (χ0) is 27.9. The van der Waals surface area contributed by atoms with E-state index in [1.165, 1.54) is 22.3 Å². The average Bonchev–Trinajstić information content (AvgIpc) is 2.93. The molecule has 0 bridgehead atoms. The van der Waals surface area contributed by atoms with E-state index in [0.717, 1.165) is 79.7 Å². The van der Waals surface area contributed by atoms with Gasteiger partial charge >= 0.3 is 0 Å². The van der Waals surface area contributed by atoms with Crippen LogP contribution >= 0.6 is 0 Å². The summed E-state index contributed by atoms with van der Waals surface area (Å²) >= 11 is 0. The summed E-state index contributed by atoms with van der Waals surface area (Å²) in [5, 5.41) is 0. The van der Waals surface area contributed by atoms with E-state index in [-0.39, 0.29) is 6.10 Å². The Morgan fingerprint density at radius 2 is 1.62 bits per heavy atom. The monoisotopic (exact) mass is 530 g/mol. The van der Waals surface area contributed by atoms with Crippen LogP contribution in [-0.2, 0) is 24.2 Å². The Labute approximate surface area is 235 Å². The lowest BCUT2D eigenvalue weighted by molar-refractivity contribution is 0.0216. The van der Waals surface area contributed by atoms with Crippen molar-refractivity contribution in [3.8, 4) is 22.8 Å². The van der Waals surface area contributed by atoms with Crippen LogP contribution < -0.4 is 9.47 Å². The number of aryl methyl sites for hydroxylation is 4. The Morgan fingerprint density at radius 1 is 0.923 bits per heavy atom. The quantitative estimate of drug-likeness (QED) is 0.260. The first-order valence-corrected chi connectivity index (χ1v) is 14.6. The van der Waals surface area contributed by atoms with Crippen molar-refractivity contribution in [2.45, 2.75) is 79.9 Å². The number of aromatic nitrogens is 1. The van der Waals surface area contributed by atoms with E-state index < -0.39 is 0 Å². The summed E-state index contributed by atoms with van der Waals surface area (Å²) < 4.78 is 18.7. The SMILES string of the molecule is CCc1cccc(CC)c1-c1cc(OC(C)CN2CCOCC2)c(COc2cc(C(C)C)ccc2C)c(C)n1. The van der Waals surface area contributed by atoms with E-state index in [2.05, 4.69) is 95.8 Å². The zero-order valence-corrected chi connectivity index (χ0v) is 25.0. The molecule has 2 aromatic carbocycles. The van der Waals surface area contributed by atoms with Crippen LogP contribution in [0, 0.1) is 13.8 Å². The highest BCUT2D eigenvalue weighted by Crippen LogP contribution is 2.34. The van der Waals surface area contributed by atoms with Crippen molar-refractivity contribution in [1.82, 2.24) is 9.88 Å². The largest absolute Gasteiger partial charge is 0.489 e. The third kappa shape index (κ3) is 7.20. The normalized spacial score (nSPS) is 15.0. The third-order valence-electron chi connectivity index (χ3n) is 7.74. The molecule has 3 aromatic rings. The molecule has 0 aliphatic carbocycles. The van der Waals surface area contributed by atoms with E-state index in [4.69, 9.17) is 19.2 Å². The lowest BCUT2D eigenvalue weighted by Gasteiger charge is -2.30. The predicted molar refractivity (Wildman–Crippen MR) is 160 cm³/mol.